The largest absolute Gasteiger partial charge is 0.491 e. The van der Waals surface area contributed by atoms with Crippen molar-refractivity contribution in [1.29, 1.82) is 0 Å². The Bertz CT molecular complexity index is 1650. The lowest BCUT2D eigenvalue weighted by Crippen LogP contribution is -2.49. The number of H-pyrrole nitrogens is 1. The minimum Gasteiger partial charge on any atom is -0.491 e. The molecule has 1 aromatic heterocycles. The first-order chi connectivity index (χ1) is 22.2. The number of rotatable bonds is 9. The van der Waals surface area contributed by atoms with Crippen molar-refractivity contribution in [3.63, 3.8) is 0 Å². The zero-order chi connectivity index (χ0) is 32.3. The standard InChI is InChI=1S/C32H41ClN6O6S/c33-21-17-26-28(27(18-21)35-23-11-13-38(14-12-23)32(41)36-22-7-3-1-4-8-22)37-29(31(34)40)30(26)46(42,43)39-15-16-44-25(19-39)20-45-24-9-5-2-6-10-24/h2,5-6,9-10,17-18,22-23,25,35,37H,1,3-4,7-8,11-16,19-20H2,(H2,34,40)(H,36,41)/t25-/m0/s1. The third-order valence-corrected chi connectivity index (χ3v) is 11.2. The van der Waals surface area contributed by atoms with Gasteiger partial charge in [-0.15, -0.1) is 0 Å². The maximum Gasteiger partial charge on any atom is 0.317 e. The molecule has 5 N–H and O–H groups in total. The van der Waals surface area contributed by atoms with E-state index in [1.54, 1.807) is 6.07 Å². The molecule has 3 aromatic rings. The molecule has 1 atom stereocenters. The second-order valence-electron chi connectivity index (χ2n) is 12.2. The number of anilines is 1. The number of nitrogens with one attached hydrogen (secondary N) is 3. The molecule has 248 valence electrons. The zero-order valence-electron chi connectivity index (χ0n) is 25.7. The first-order valence-corrected chi connectivity index (χ1v) is 17.8. The van der Waals surface area contributed by atoms with Crippen LogP contribution in [0.2, 0.25) is 5.02 Å². The number of para-hydroxylation sites is 1. The van der Waals surface area contributed by atoms with Crippen LogP contribution in [0.15, 0.2) is 47.4 Å². The molecule has 0 radical (unpaired) electrons. The summed E-state index contributed by atoms with van der Waals surface area (Å²) in [5.41, 5.74) is 6.51. The number of fused-ring (bicyclic) bond motifs is 1. The summed E-state index contributed by atoms with van der Waals surface area (Å²) in [4.78, 5) is 30.1. The number of ether oxygens (including phenoxy) is 2. The van der Waals surface area contributed by atoms with Crippen molar-refractivity contribution in [2.75, 3.05) is 44.7 Å². The van der Waals surface area contributed by atoms with E-state index in [1.165, 1.54) is 16.8 Å². The maximum atomic E-state index is 14.2. The monoisotopic (exact) mass is 672 g/mol. The van der Waals surface area contributed by atoms with Crippen molar-refractivity contribution in [3.05, 3.63) is 53.2 Å². The van der Waals surface area contributed by atoms with Gasteiger partial charge in [0.15, 0.2) is 0 Å². The number of morpholine rings is 1. The van der Waals surface area contributed by atoms with Crippen LogP contribution in [0.5, 0.6) is 5.75 Å². The van der Waals surface area contributed by atoms with Crippen LogP contribution in [0.1, 0.15) is 55.4 Å². The lowest BCUT2D eigenvalue weighted by molar-refractivity contribution is -0.0249. The fraction of sp³-hybridized carbons (Fsp3) is 0.500. The van der Waals surface area contributed by atoms with Gasteiger partial charge in [0.2, 0.25) is 10.0 Å². The predicted molar refractivity (Wildman–Crippen MR) is 176 cm³/mol. The molecule has 0 bridgehead atoms. The maximum absolute atomic E-state index is 14.2. The highest BCUT2D eigenvalue weighted by molar-refractivity contribution is 7.89. The first kappa shape index (κ1) is 32.4. The van der Waals surface area contributed by atoms with Crippen LogP contribution < -0.4 is 21.1 Å². The van der Waals surface area contributed by atoms with Gasteiger partial charge < -0.3 is 35.7 Å². The number of carbonyl (C=O) groups excluding carboxylic acids is 2. The van der Waals surface area contributed by atoms with Gasteiger partial charge in [0.05, 0.1) is 17.8 Å². The highest BCUT2D eigenvalue weighted by Gasteiger charge is 2.37. The number of amides is 3. The number of nitrogens with two attached hydrogens (primary N) is 1. The summed E-state index contributed by atoms with van der Waals surface area (Å²) in [7, 11) is -4.20. The highest BCUT2D eigenvalue weighted by Crippen LogP contribution is 2.37. The number of carbonyl (C=O) groups is 2. The first-order valence-electron chi connectivity index (χ1n) is 16.0. The Hall–Kier alpha value is -3.52. The Morgan fingerprint density at radius 1 is 1.02 bits per heavy atom. The fourth-order valence-corrected chi connectivity index (χ4v) is 8.60. The van der Waals surface area contributed by atoms with Gasteiger partial charge in [0.1, 0.15) is 29.0 Å². The Balaban J connectivity index is 1.18. The molecule has 1 saturated carbocycles. The molecule has 0 unspecified atom stereocenters. The third-order valence-electron chi connectivity index (χ3n) is 9.02. The fourth-order valence-electron chi connectivity index (χ4n) is 6.60. The van der Waals surface area contributed by atoms with E-state index in [0.29, 0.717) is 47.9 Å². The molecule has 0 spiro atoms. The third kappa shape index (κ3) is 7.22. The van der Waals surface area contributed by atoms with Crippen molar-refractivity contribution in [2.45, 2.75) is 68.0 Å². The lowest BCUT2D eigenvalue weighted by atomic mass is 9.95. The summed E-state index contributed by atoms with van der Waals surface area (Å²) >= 11 is 6.54. The van der Waals surface area contributed by atoms with Crippen LogP contribution in [-0.2, 0) is 14.8 Å². The smallest absolute Gasteiger partial charge is 0.317 e. The molecule has 3 amide bonds. The summed E-state index contributed by atoms with van der Waals surface area (Å²) in [5, 5.41) is 7.25. The SMILES string of the molecule is NC(=O)c1[nH]c2c(NC3CCN(C(=O)NC4CCCCC4)CC3)cc(Cl)cc2c1S(=O)(=O)N1CCO[C@H](COc2ccccc2)C1. The molecule has 6 rings (SSSR count). The molecule has 3 fully saturated rings. The van der Waals surface area contributed by atoms with E-state index in [9.17, 15) is 18.0 Å². The molecule has 3 aliphatic rings. The zero-order valence-corrected chi connectivity index (χ0v) is 27.2. The topological polar surface area (TPSA) is 159 Å². The number of likely N-dealkylation sites (tertiary alicyclic amines) is 1. The molecule has 1 aliphatic carbocycles. The second-order valence-corrected chi connectivity index (χ2v) is 14.6. The molecule has 2 aromatic carbocycles. The van der Waals surface area contributed by atoms with Gasteiger partial charge in [-0.25, -0.2) is 13.2 Å². The van der Waals surface area contributed by atoms with Gasteiger partial charge in [0.25, 0.3) is 5.91 Å². The van der Waals surface area contributed by atoms with Crippen LogP contribution in [-0.4, -0.2) is 92.1 Å². The molecular weight excluding hydrogens is 632 g/mol. The number of piperidine rings is 1. The molecule has 2 saturated heterocycles. The van der Waals surface area contributed by atoms with E-state index in [1.807, 2.05) is 35.2 Å². The molecule has 14 heteroatoms. The predicted octanol–water partition coefficient (Wildman–Crippen LogP) is 4.31. The number of halogens is 1. The van der Waals surface area contributed by atoms with E-state index in [0.717, 1.165) is 25.7 Å². The van der Waals surface area contributed by atoms with Gasteiger partial charge in [-0.3, -0.25) is 4.79 Å². The van der Waals surface area contributed by atoms with E-state index in [4.69, 9.17) is 26.8 Å². The van der Waals surface area contributed by atoms with E-state index in [2.05, 4.69) is 15.6 Å². The minimum atomic E-state index is -4.20. The van der Waals surface area contributed by atoms with Crippen molar-refractivity contribution in [1.82, 2.24) is 19.5 Å². The van der Waals surface area contributed by atoms with Crippen molar-refractivity contribution in [3.8, 4) is 5.75 Å². The van der Waals surface area contributed by atoms with E-state index in [-0.39, 0.29) is 60.4 Å². The van der Waals surface area contributed by atoms with Crippen LogP contribution in [0.4, 0.5) is 10.5 Å². The van der Waals surface area contributed by atoms with Gasteiger partial charge >= 0.3 is 6.03 Å². The number of aromatic amines is 1. The van der Waals surface area contributed by atoms with Gasteiger partial charge in [0, 0.05) is 48.7 Å². The highest BCUT2D eigenvalue weighted by atomic mass is 35.5. The Morgan fingerprint density at radius 2 is 1.76 bits per heavy atom. The summed E-state index contributed by atoms with van der Waals surface area (Å²) in [6.07, 6.45) is 6.48. The van der Waals surface area contributed by atoms with Gasteiger partial charge in [-0.1, -0.05) is 49.1 Å². The number of aromatic nitrogens is 1. The number of hydrogen-bond donors (Lipinski definition) is 4. The average Bonchev–Trinajstić information content (AvgIpc) is 3.46. The number of nitrogens with zero attached hydrogens (tertiary/aromatic N) is 2. The molecule has 46 heavy (non-hydrogen) atoms. The van der Waals surface area contributed by atoms with E-state index < -0.39 is 22.0 Å². The number of urea groups is 1. The quantitative estimate of drug-likeness (QED) is 0.264. The molecule has 3 heterocycles. The van der Waals surface area contributed by atoms with Crippen LogP contribution >= 0.6 is 11.6 Å². The van der Waals surface area contributed by atoms with Crippen molar-refractivity contribution < 1.29 is 27.5 Å². The van der Waals surface area contributed by atoms with E-state index >= 15 is 0 Å². The van der Waals surface area contributed by atoms with Gasteiger partial charge in [-0.2, -0.15) is 4.31 Å². The van der Waals surface area contributed by atoms with Crippen LogP contribution in [0.25, 0.3) is 10.9 Å². The Kier molecular flexibility index (Phi) is 9.92. The van der Waals surface area contributed by atoms with Crippen molar-refractivity contribution >= 4 is 50.2 Å². The normalized spacial score (nSPS) is 20.5. The molecular formula is C32H41ClN6O6S. The number of benzene rings is 2. The lowest BCUT2D eigenvalue weighted by Gasteiger charge is -2.34. The number of sulfonamides is 1. The van der Waals surface area contributed by atoms with Crippen molar-refractivity contribution in [2.24, 2.45) is 5.73 Å². The summed E-state index contributed by atoms with van der Waals surface area (Å²) in [5.74, 6) is -0.242. The Labute approximate surface area is 274 Å². The average molecular weight is 673 g/mol. The number of primary amides is 1. The second kappa shape index (κ2) is 14.1. The summed E-state index contributed by atoms with van der Waals surface area (Å²) in [6, 6.07) is 12.7. The van der Waals surface area contributed by atoms with Crippen LogP contribution in [0, 0.1) is 0 Å². The molecule has 2 aliphatic heterocycles. The minimum absolute atomic E-state index is 0.00500. The van der Waals surface area contributed by atoms with Crippen LogP contribution in [0.3, 0.4) is 0 Å². The number of hydrogen-bond acceptors (Lipinski definition) is 7. The molecule has 12 nitrogen and oxygen atoms in total. The summed E-state index contributed by atoms with van der Waals surface area (Å²) in [6.45, 7) is 1.65. The van der Waals surface area contributed by atoms with Gasteiger partial charge in [-0.05, 0) is 49.9 Å². The Morgan fingerprint density at radius 3 is 2.48 bits per heavy atom. The summed E-state index contributed by atoms with van der Waals surface area (Å²) < 4.78 is 41.2.